The molecule has 4 aromatic carbocycles. The Hall–Kier alpha value is -6.40. The van der Waals surface area contributed by atoms with Gasteiger partial charge in [-0.2, -0.15) is 0 Å². The number of unbranched alkanes of at least 4 members (excludes halogenated alkanes) is 2. The topological polar surface area (TPSA) is 153 Å². The predicted molar refractivity (Wildman–Crippen MR) is 193 cm³/mol. The van der Waals surface area contributed by atoms with Gasteiger partial charge in [0.15, 0.2) is 0 Å². The highest BCUT2D eigenvalue weighted by atomic mass is 16.6. The zero-order chi connectivity index (χ0) is 37.8. The molecule has 0 saturated heterocycles. The first-order valence-electron chi connectivity index (χ1n) is 16.8. The van der Waals surface area contributed by atoms with Crippen molar-refractivity contribution in [2.75, 3.05) is 26.4 Å². The molecular formula is C41H40O12. The molecule has 12 nitrogen and oxygen atoms in total. The molecule has 0 aliphatic heterocycles. The highest BCUT2D eigenvalue weighted by molar-refractivity contribution is 5.92. The van der Waals surface area contributed by atoms with Crippen LogP contribution >= 0.6 is 0 Å². The molecule has 0 aromatic heterocycles. The standard InChI is InChI=1S/C41H40O12/c1-3-37(42)49-27-7-5-25-47-32-15-9-29(10-16-32)39(44)51-34-19-13-31(14-20-34)41(46)53-36-23-21-35(22-24-36)52-40(45)30-11-17-33(18-12-30)48-26-6-8-28-50-38(43)4-2/h3-4,9-24,40,45H,1-2,5-8,25-28H2. The molecular weight excluding hydrogens is 684 g/mol. The number of ether oxygens (including phenoxy) is 7. The van der Waals surface area contributed by atoms with Crippen LogP contribution in [0.2, 0.25) is 0 Å². The zero-order valence-corrected chi connectivity index (χ0v) is 29.0. The molecule has 0 aliphatic rings. The Kier molecular flexibility index (Phi) is 15.7. The zero-order valence-electron chi connectivity index (χ0n) is 29.0. The monoisotopic (exact) mass is 724 g/mol. The number of benzene rings is 4. The second kappa shape index (κ2) is 21.1. The number of hydrogen-bond donors (Lipinski definition) is 1. The second-order valence-electron chi connectivity index (χ2n) is 11.2. The molecule has 12 heteroatoms. The first-order valence-corrected chi connectivity index (χ1v) is 16.8. The predicted octanol–water partition coefficient (Wildman–Crippen LogP) is 6.97. The number of rotatable bonds is 21. The Bertz CT molecular complexity index is 1800. The summed E-state index contributed by atoms with van der Waals surface area (Å²) in [6.07, 6.45) is 3.68. The quantitative estimate of drug-likeness (QED) is 0.0310. The van der Waals surface area contributed by atoms with Gasteiger partial charge in [0.05, 0.1) is 37.6 Å². The molecule has 1 unspecified atom stereocenters. The summed E-state index contributed by atoms with van der Waals surface area (Å²) in [6.45, 7) is 8.14. The van der Waals surface area contributed by atoms with Gasteiger partial charge in [-0.1, -0.05) is 13.2 Å². The van der Waals surface area contributed by atoms with Crippen molar-refractivity contribution in [1.29, 1.82) is 0 Å². The van der Waals surface area contributed by atoms with E-state index in [-0.39, 0.29) is 23.7 Å². The van der Waals surface area contributed by atoms with Gasteiger partial charge in [0.25, 0.3) is 0 Å². The van der Waals surface area contributed by atoms with Crippen molar-refractivity contribution in [2.24, 2.45) is 0 Å². The highest BCUT2D eigenvalue weighted by Gasteiger charge is 2.14. The van der Waals surface area contributed by atoms with Crippen LogP contribution < -0.4 is 23.7 Å². The van der Waals surface area contributed by atoms with E-state index in [0.29, 0.717) is 73.9 Å². The van der Waals surface area contributed by atoms with Crippen LogP contribution in [-0.2, 0) is 19.1 Å². The molecule has 1 atom stereocenters. The van der Waals surface area contributed by atoms with E-state index in [1.165, 1.54) is 36.4 Å². The van der Waals surface area contributed by atoms with Crippen molar-refractivity contribution in [3.05, 3.63) is 139 Å². The van der Waals surface area contributed by atoms with E-state index < -0.39 is 30.2 Å². The molecule has 0 radical (unpaired) electrons. The van der Waals surface area contributed by atoms with Gasteiger partial charge in [-0.3, -0.25) is 0 Å². The van der Waals surface area contributed by atoms with Gasteiger partial charge >= 0.3 is 23.9 Å². The summed E-state index contributed by atoms with van der Waals surface area (Å²) in [7, 11) is 0. The van der Waals surface area contributed by atoms with Crippen LogP contribution in [0.5, 0.6) is 28.7 Å². The number of esters is 4. The van der Waals surface area contributed by atoms with Crippen LogP contribution in [0.3, 0.4) is 0 Å². The highest BCUT2D eigenvalue weighted by Crippen LogP contribution is 2.25. The maximum absolute atomic E-state index is 12.7. The van der Waals surface area contributed by atoms with E-state index >= 15 is 0 Å². The summed E-state index contributed by atoms with van der Waals surface area (Å²) in [4.78, 5) is 47.4. The molecule has 276 valence electrons. The number of carbonyl (C=O) groups excluding carboxylic acids is 4. The summed E-state index contributed by atoms with van der Waals surface area (Å²) in [5, 5.41) is 10.5. The number of aliphatic hydroxyl groups is 1. The summed E-state index contributed by atoms with van der Waals surface area (Å²) < 4.78 is 37.7. The van der Waals surface area contributed by atoms with E-state index in [0.717, 1.165) is 12.2 Å². The van der Waals surface area contributed by atoms with E-state index in [2.05, 4.69) is 13.2 Å². The van der Waals surface area contributed by atoms with Gasteiger partial charge in [-0.25, -0.2) is 19.2 Å². The van der Waals surface area contributed by atoms with Crippen molar-refractivity contribution < 1.29 is 57.4 Å². The van der Waals surface area contributed by atoms with E-state index in [4.69, 9.17) is 33.2 Å². The first kappa shape index (κ1) is 39.4. The van der Waals surface area contributed by atoms with E-state index in [1.54, 1.807) is 60.7 Å². The molecule has 53 heavy (non-hydrogen) atoms. The van der Waals surface area contributed by atoms with Crippen LogP contribution in [0.25, 0.3) is 0 Å². The van der Waals surface area contributed by atoms with Crippen molar-refractivity contribution in [2.45, 2.75) is 32.0 Å². The fraction of sp³-hybridized carbons (Fsp3) is 0.220. The lowest BCUT2D eigenvalue weighted by Gasteiger charge is -2.15. The molecule has 0 saturated carbocycles. The van der Waals surface area contributed by atoms with Gasteiger partial charge < -0.3 is 38.3 Å². The van der Waals surface area contributed by atoms with Gasteiger partial charge in [0.1, 0.15) is 28.7 Å². The summed E-state index contributed by atoms with van der Waals surface area (Å²) >= 11 is 0. The summed E-state index contributed by atoms with van der Waals surface area (Å²) in [5.41, 5.74) is 1.06. The lowest BCUT2D eigenvalue weighted by Crippen LogP contribution is -2.10. The van der Waals surface area contributed by atoms with Crippen LogP contribution in [0.4, 0.5) is 0 Å². The minimum atomic E-state index is -1.25. The van der Waals surface area contributed by atoms with Crippen molar-refractivity contribution in [3.8, 4) is 28.7 Å². The normalized spacial score (nSPS) is 11.0. The molecule has 1 N–H and O–H groups in total. The molecule has 0 bridgehead atoms. The Labute approximate surface area is 307 Å². The Morgan fingerprint density at radius 3 is 1.30 bits per heavy atom. The molecule has 0 amide bonds. The molecule has 4 aromatic rings. The first-order chi connectivity index (χ1) is 25.7. The SMILES string of the molecule is C=CC(=O)OCCCCOc1ccc(C(=O)Oc2ccc(C(=O)Oc3ccc(OC(O)c4ccc(OCCCCOC(=O)C=C)cc4)cc3)cc2)cc1. The Morgan fingerprint density at radius 1 is 0.509 bits per heavy atom. The number of aliphatic hydroxyl groups excluding tert-OH is 1. The number of carbonyl (C=O) groups is 4. The van der Waals surface area contributed by atoms with Crippen molar-refractivity contribution in [1.82, 2.24) is 0 Å². The van der Waals surface area contributed by atoms with Gasteiger partial charge in [0.2, 0.25) is 6.29 Å². The largest absolute Gasteiger partial charge is 0.494 e. The fourth-order valence-corrected chi connectivity index (χ4v) is 4.44. The Balaban J connectivity index is 1.16. The van der Waals surface area contributed by atoms with E-state index in [9.17, 15) is 24.3 Å². The second-order valence-corrected chi connectivity index (χ2v) is 11.2. The fourth-order valence-electron chi connectivity index (χ4n) is 4.44. The molecule has 0 aliphatic carbocycles. The molecule has 0 fully saturated rings. The average Bonchev–Trinajstić information content (AvgIpc) is 3.18. The lowest BCUT2D eigenvalue weighted by molar-refractivity contribution is -0.138. The molecule has 4 rings (SSSR count). The Morgan fingerprint density at radius 2 is 0.868 bits per heavy atom. The van der Waals surface area contributed by atoms with E-state index in [1.807, 2.05) is 0 Å². The average molecular weight is 725 g/mol. The summed E-state index contributed by atoms with van der Waals surface area (Å²) in [5.74, 6) is -0.0584. The van der Waals surface area contributed by atoms with Crippen LogP contribution in [-0.4, -0.2) is 55.4 Å². The van der Waals surface area contributed by atoms with Gasteiger partial charge in [0, 0.05) is 17.7 Å². The smallest absolute Gasteiger partial charge is 0.343 e. The maximum Gasteiger partial charge on any atom is 0.343 e. The van der Waals surface area contributed by atoms with Gasteiger partial charge in [-0.05, 0) is 123 Å². The van der Waals surface area contributed by atoms with Crippen molar-refractivity contribution in [3.63, 3.8) is 0 Å². The minimum absolute atomic E-state index is 0.238. The van der Waals surface area contributed by atoms with Crippen LogP contribution in [0.15, 0.2) is 122 Å². The van der Waals surface area contributed by atoms with Crippen molar-refractivity contribution >= 4 is 23.9 Å². The molecule has 0 heterocycles. The van der Waals surface area contributed by atoms with Gasteiger partial charge in [-0.15, -0.1) is 0 Å². The third kappa shape index (κ3) is 13.7. The maximum atomic E-state index is 12.7. The number of hydrogen-bond acceptors (Lipinski definition) is 12. The summed E-state index contributed by atoms with van der Waals surface area (Å²) in [6, 6.07) is 25.4. The van der Waals surface area contributed by atoms with Crippen LogP contribution in [0.1, 0.15) is 58.3 Å². The van der Waals surface area contributed by atoms with Crippen LogP contribution in [0, 0.1) is 0 Å². The third-order valence-electron chi connectivity index (χ3n) is 7.27. The minimum Gasteiger partial charge on any atom is -0.494 e. The molecule has 0 spiro atoms. The lowest BCUT2D eigenvalue weighted by atomic mass is 10.2. The third-order valence-corrected chi connectivity index (χ3v) is 7.27.